The van der Waals surface area contributed by atoms with E-state index in [1.54, 1.807) is 19.2 Å². The van der Waals surface area contributed by atoms with Gasteiger partial charge in [-0.1, -0.05) is 30.3 Å². The maximum Gasteiger partial charge on any atom is 0.261 e. The van der Waals surface area contributed by atoms with Crippen LogP contribution in [-0.2, 0) is 11.2 Å². The van der Waals surface area contributed by atoms with Crippen molar-refractivity contribution in [1.29, 1.82) is 5.26 Å². The van der Waals surface area contributed by atoms with Gasteiger partial charge in [-0.2, -0.15) is 5.26 Å². The Labute approximate surface area is 161 Å². The summed E-state index contributed by atoms with van der Waals surface area (Å²) in [5, 5.41) is 12.1. The number of amides is 1. The molecule has 2 rings (SSSR count). The summed E-state index contributed by atoms with van der Waals surface area (Å²) in [5.41, 5.74) is 1.81. The third-order valence-electron chi connectivity index (χ3n) is 3.67. The van der Waals surface area contributed by atoms with Crippen LogP contribution >= 0.6 is 15.9 Å². The molecule has 0 saturated heterocycles. The molecule has 0 bridgehead atoms. The number of nitriles is 1. The van der Waals surface area contributed by atoms with Gasteiger partial charge in [0.25, 0.3) is 5.91 Å². The SMILES string of the molecule is COc1cc(/C=C(/C#N)C(=O)NCCc2ccccc2)cc(Br)c1OC. The molecule has 0 spiro atoms. The molecule has 0 unspecified atom stereocenters. The fourth-order valence-electron chi connectivity index (χ4n) is 2.40. The first-order valence-corrected chi connectivity index (χ1v) is 8.73. The number of hydrogen-bond donors (Lipinski definition) is 1. The van der Waals surface area contributed by atoms with Crippen LogP contribution in [0.2, 0.25) is 0 Å². The minimum absolute atomic E-state index is 0.0252. The van der Waals surface area contributed by atoms with Crippen molar-refractivity contribution in [1.82, 2.24) is 5.32 Å². The first kappa shape index (κ1) is 19.5. The van der Waals surface area contributed by atoms with E-state index in [4.69, 9.17) is 9.47 Å². The van der Waals surface area contributed by atoms with Crippen LogP contribution in [0.1, 0.15) is 11.1 Å². The second-order valence-corrected chi connectivity index (χ2v) is 6.25. The van der Waals surface area contributed by atoms with E-state index in [0.29, 0.717) is 34.5 Å². The second kappa shape index (κ2) is 9.64. The first-order chi connectivity index (χ1) is 12.6. The molecule has 5 nitrogen and oxygen atoms in total. The number of halogens is 1. The lowest BCUT2D eigenvalue weighted by molar-refractivity contribution is -0.117. The van der Waals surface area contributed by atoms with Crippen molar-refractivity contribution >= 4 is 27.9 Å². The van der Waals surface area contributed by atoms with E-state index in [1.165, 1.54) is 13.2 Å². The molecule has 0 aliphatic rings. The number of rotatable bonds is 7. The molecular weight excluding hydrogens is 396 g/mol. The molecule has 0 heterocycles. The lowest BCUT2D eigenvalue weighted by Crippen LogP contribution is -2.26. The average molecular weight is 415 g/mol. The lowest BCUT2D eigenvalue weighted by Gasteiger charge is -2.10. The van der Waals surface area contributed by atoms with Crippen molar-refractivity contribution < 1.29 is 14.3 Å². The molecule has 0 aliphatic heterocycles. The third kappa shape index (κ3) is 5.11. The number of nitrogens with zero attached hydrogens (tertiary/aromatic N) is 1. The minimum Gasteiger partial charge on any atom is -0.493 e. The van der Waals surface area contributed by atoms with Crippen molar-refractivity contribution in [2.24, 2.45) is 0 Å². The Bertz CT molecular complexity index is 842. The summed E-state index contributed by atoms with van der Waals surface area (Å²) in [5.74, 6) is 0.653. The van der Waals surface area contributed by atoms with Crippen LogP contribution in [-0.4, -0.2) is 26.7 Å². The number of carbonyl (C=O) groups excluding carboxylic acids is 1. The molecule has 2 aromatic carbocycles. The Hall–Kier alpha value is -2.78. The molecule has 0 saturated carbocycles. The lowest BCUT2D eigenvalue weighted by atomic mass is 10.1. The van der Waals surface area contributed by atoms with Crippen molar-refractivity contribution in [2.45, 2.75) is 6.42 Å². The molecule has 134 valence electrons. The highest BCUT2D eigenvalue weighted by atomic mass is 79.9. The van der Waals surface area contributed by atoms with Crippen LogP contribution in [0.25, 0.3) is 6.08 Å². The van der Waals surface area contributed by atoms with E-state index >= 15 is 0 Å². The van der Waals surface area contributed by atoms with Crippen molar-refractivity contribution in [3.8, 4) is 17.6 Å². The zero-order chi connectivity index (χ0) is 18.9. The minimum atomic E-state index is -0.408. The van der Waals surface area contributed by atoms with Crippen molar-refractivity contribution in [3.63, 3.8) is 0 Å². The Kier molecular flexibility index (Phi) is 7.24. The normalized spacial score (nSPS) is 10.8. The van der Waals surface area contributed by atoms with E-state index < -0.39 is 5.91 Å². The highest BCUT2D eigenvalue weighted by Gasteiger charge is 2.12. The van der Waals surface area contributed by atoms with Crippen LogP contribution in [0, 0.1) is 11.3 Å². The topological polar surface area (TPSA) is 71.3 Å². The third-order valence-corrected chi connectivity index (χ3v) is 4.26. The summed E-state index contributed by atoms with van der Waals surface area (Å²) in [4.78, 5) is 12.3. The average Bonchev–Trinajstić information content (AvgIpc) is 2.66. The Morgan fingerprint density at radius 2 is 1.96 bits per heavy atom. The van der Waals surface area contributed by atoms with Gasteiger partial charge < -0.3 is 14.8 Å². The maximum absolute atomic E-state index is 12.3. The quantitative estimate of drug-likeness (QED) is 0.553. The van der Waals surface area contributed by atoms with Crippen molar-refractivity contribution in [3.05, 3.63) is 63.6 Å². The molecule has 0 atom stereocenters. The molecule has 1 N–H and O–H groups in total. The zero-order valence-electron chi connectivity index (χ0n) is 14.6. The van der Waals surface area contributed by atoms with Gasteiger partial charge in [-0.3, -0.25) is 4.79 Å². The molecule has 0 aliphatic carbocycles. The van der Waals surface area contributed by atoms with E-state index in [-0.39, 0.29) is 5.57 Å². The fraction of sp³-hybridized carbons (Fsp3) is 0.200. The van der Waals surface area contributed by atoms with Gasteiger partial charge in [0, 0.05) is 6.54 Å². The predicted molar refractivity (Wildman–Crippen MR) is 104 cm³/mol. The van der Waals surface area contributed by atoms with Crippen LogP contribution in [0.15, 0.2) is 52.5 Å². The Morgan fingerprint density at radius 1 is 1.23 bits per heavy atom. The summed E-state index contributed by atoms with van der Waals surface area (Å²) in [6, 6.07) is 15.2. The van der Waals surface area contributed by atoms with Crippen molar-refractivity contribution in [2.75, 3.05) is 20.8 Å². The van der Waals surface area contributed by atoms with E-state index in [0.717, 1.165) is 5.56 Å². The van der Waals surface area contributed by atoms with E-state index in [2.05, 4.69) is 21.2 Å². The monoisotopic (exact) mass is 414 g/mol. The summed E-state index contributed by atoms with van der Waals surface area (Å²) in [6.45, 7) is 0.456. The van der Waals surface area contributed by atoms with Gasteiger partial charge in [-0.15, -0.1) is 0 Å². The summed E-state index contributed by atoms with van der Waals surface area (Å²) < 4.78 is 11.2. The van der Waals surface area contributed by atoms with Crippen LogP contribution in [0.4, 0.5) is 0 Å². The number of ether oxygens (including phenoxy) is 2. The number of carbonyl (C=O) groups is 1. The Morgan fingerprint density at radius 3 is 2.58 bits per heavy atom. The van der Waals surface area contributed by atoms with Gasteiger partial charge in [0.2, 0.25) is 0 Å². The van der Waals surface area contributed by atoms with Gasteiger partial charge in [-0.05, 0) is 51.7 Å². The van der Waals surface area contributed by atoms with Gasteiger partial charge >= 0.3 is 0 Å². The van der Waals surface area contributed by atoms with E-state index in [9.17, 15) is 10.1 Å². The maximum atomic E-state index is 12.3. The molecular formula is C20H19BrN2O3. The summed E-state index contributed by atoms with van der Waals surface area (Å²) in [7, 11) is 3.07. The fourth-order valence-corrected chi connectivity index (χ4v) is 3.02. The predicted octanol–water partition coefficient (Wildman–Crippen LogP) is 3.73. The van der Waals surface area contributed by atoms with Gasteiger partial charge in [0.05, 0.1) is 18.7 Å². The highest BCUT2D eigenvalue weighted by molar-refractivity contribution is 9.10. The standard InChI is InChI=1S/C20H19BrN2O3/c1-25-18-12-15(11-17(21)19(18)26-2)10-16(13-22)20(24)23-9-8-14-6-4-3-5-7-14/h3-7,10-12H,8-9H2,1-2H3,(H,23,24)/b16-10-. The number of methoxy groups -OCH3 is 2. The number of benzene rings is 2. The number of nitrogens with one attached hydrogen (secondary N) is 1. The summed E-state index contributed by atoms with van der Waals surface area (Å²) >= 11 is 3.40. The van der Waals surface area contributed by atoms with Crippen LogP contribution in [0.5, 0.6) is 11.5 Å². The molecule has 1 amide bonds. The first-order valence-electron chi connectivity index (χ1n) is 7.94. The highest BCUT2D eigenvalue weighted by Crippen LogP contribution is 2.36. The molecule has 2 aromatic rings. The van der Waals surface area contributed by atoms with Gasteiger partial charge in [0.1, 0.15) is 11.6 Å². The summed E-state index contributed by atoms with van der Waals surface area (Å²) in [6.07, 6.45) is 2.22. The molecule has 26 heavy (non-hydrogen) atoms. The number of hydrogen-bond acceptors (Lipinski definition) is 4. The van der Waals surface area contributed by atoms with Gasteiger partial charge in [0.15, 0.2) is 11.5 Å². The smallest absolute Gasteiger partial charge is 0.261 e. The Balaban J connectivity index is 2.10. The zero-order valence-corrected chi connectivity index (χ0v) is 16.2. The largest absolute Gasteiger partial charge is 0.493 e. The second-order valence-electron chi connectivity index (χ2n) is 5.40. The molecule has 0 radical (unpaired) electrons. The molecule has 0 aromatic heterocycles. The molecule has 6 heteroatoms. The van der Waals surface area contributed by atoms with Gasteiger partial charge in [-0.25, -0.2) is 0 Å². The van der Waals surface area contributed by atoms with Crippen LogP contribution < -0.4 is 14.8 Å². The van der Waals surface area contributed by atoms with Crippen LogP contribution in [0.3, 0.4) is 0 Å². The van der Waals surface area contributed by atoms with E-state index in [1.807, 2.05) is 36.4 Å². The molecule has 0 fully saturated rings.